The second-order valence-corrected chi connectivity index (χ2v) is 17.4. The number of hydrogen-bond donors (Lipinski definition) is 0. The third kappa shape index (κ3) is 4.79. The van der Waals surface area contributed by atoms with Crippen molar-refractivity contribution in [2.45, 2.75) is 0 Å². The highest BCUT2D eigenvalue weighted by Gasteiger charge is 2.41. The Morgan fingerprint density at radius 3 is 1.66 bits per heavy atom. The number of rotatable bonds is 6. The van der Waals surface area contributed by atoms with Crippen LogP contribution in [0.5, 0.6) is 0 Å². The van der Waals surface area contributed by atoms with E-state index in [1.807, 2.05) is 18.2 Å². The van der Waals surface area contributed by atoms with Gasteiger partial charge < -0.3 is 8.98 Å². The first-order chi connectivity index (χ1) is 26.2. The summed E-state index contributed by atoms with van der Waals surface area (Å²) in [4.78, 5) is 0. The van der Waals surface area contributed by atoms with Gasteiger partial charge in [0, 0.05) is 32.8 Å². The first kappa shape index (κ1) is 30.9. The molecule has 53 heavy (non-hydrogen) atoms. The Morgan fingerprint density at radius 1 is 0.453 bits per heavy atom. The lowest BCUT2D eigenvalue weighted by Crippen LogP contribution is -2.74. The van der Waals surface area contributed by atoms with Crippen molar-refractivity contribution in [1.82, 2.24) is 4.57 Å². The van der Waals surface area contributed by atoms with Crippen molar-refractivity contribution in [3.05, 3.63) is 200 Å². The van der Waals surface area contributed by atoms with E-state index in [1.54, 1.807) is 0 Å². The summed E-state index contributed by atoms with van der Waals surface area (Å²) in [5.41, 5.74) is 7.91. The molecule has 10 rings (SSSR count). The highest BCUT2D eigenvalue weighted by Crippen LogP contribution is 2.40. The van der Waals surface area contributed by atoms with Gasteiger partial charge in [0.1, 0.15) is 11.2 Å². The summed E-state index contributed by atoms with van der Waals surface area (Å²) < 4.78 is 9.15. The third-order valence-electron chi connectivity index (χ3n) is 10.7. The van der Waals surface area contributed by atoms with Gasteiger partial charge in [-0.1, -0.05) is 152 Å². The Labute approximate surface area is 308 Å². The molecule has 0 unspecified atom stereocenters. The van der Waals surface area contributed by atoms with Gasteiger partial charge in [0.15, 0.2) is 8.07 Å². The van der Waals surface area contributed by atoms with Crippen molar-refractivity contribution in [2.24, 2.45) is 0 Å². The standard InChI is InChI=1S/C49H32N2OSi/c50-33-34-15-13-21-39(29-34)53(37-17-3-1-4-18-37,38-19-5-2-6-20-38)40-22-14-16-35(30-40)44-31-36(32-45-43-25-9-12-28-48(43)52-49(44)45)51-46-26-10-7-23-41(46)42-24-8-11-27-47(42)51/h1-32H. The summed E-state index contributed by atoms with van der Waals surface area (Å²) in [6.07, 6.45) is 0. The molecule has 248 valence electrons. The van der Waals surface area contributed by atoms with Crippen LogP contribution in [-0.2, 0) is 0 Å². The van der Waals surface area contributed by atoms with Gasteiger partial charge in [-0.15, -0.1) is 0 Å². The molecule has 0 aliphatic heterocycles. The average molecular weight is 693 g/mol. The van der Waals surface area contributed by atoms with Crippen LogP contribution in [0, 0.1) is 11.3 Å². The van der Waals surface area contributed by atoms with Crippen LogP contribution in [0.4, 0.5) is 0 Å². The van der Waals surface area contributed by atoms with Crippen LogP contribution in [0.15, 0.2) is 199 Å². The SMILES string of the molecule is N#Cc1cccc([Si](c2ccccc2)(c2ccccc2)c2cccc(-c3cc(-n4c5ccccc5c5ccccc54)cc4c3oc3ccccc34)c2)c1. The third-order valence-corrected chi connectivity index (χ3v) is 15.5. The molecule has 0 amide bonds. The van der Waals surface area contributed by atoms with Crippen LogP contribution in [0.3, 0.4) is 0 Å². The minimum Gasteiger partial charge on any atom is -0.455 e. The molecule has 0 bridgehead atoms. The second kappa shape index (κ2) is 12.4. The molecule has 2 aromatic heterocycles. The molecule has 2 heterocycles. The first-order valence-electron chi connectivity index (χ1n) is 17.9. The summed E-state index contributed by atoms with van der Waals surface area (Å²) in [6.45, 7) is 0. The van der Waals surface area contributed by atoms with Crippen molar-refractivity contribution in [3.63, 3.8) is 0 Å². The Bertz CT molecular complexity index is 2930. The van der Waals surface area contributed by atoms with E-state index >= 15 is 0 Å². The first-order valence-corrected chi connectivity index (χ1v) is 19.9. The molecule has 0 aliphatic rings. The van der Waals surface area contributed by atoms with E-state index in [-0.39, 0.29) is 0 Å². The molecule has 0 aliphatic carbocycles. The average Bonchev–Trinajstić information content (AvgIpc) is 3.78. The predicted octanol–water partition coefficient (Wildman–Crippen LogP) is 9.60. The molecule has 4 heteroatoms. The van der Waals surface area contributed by atoms with E-state index in [2.05, 4.69) is 187 Å². The summed E-state index contributed by atoms with van der Waals surface area (Å²) in [5.74, 6) is 0. The van der Waals surface area contributed by atoms with Gasteiger partial charge in [-0.05, 0) is 68.8 Å². The van der Waals surface area contributed by atoms with Crippen LogP contribution in [0.2, 0.25) is 0 Å². The molecule has 10 aromatic rings. The molecule has 0 spiro atoms. The van der Waals surface area contributed by atoms with Gasteiger partial charge in [-0.2, -0.15) is 5.26 Å². The van der Waals surface area contributed by atoms with Crippen molar-refractivity contribution >= 4 is 72.6 Å². The van der Waals surface area contributed by atoms with E-state index in [9.17, 15) is 5.26 Å². The maximum Gasteiger partial charge on any atom is 0.179 e. The molecule has 0 saturated carbocycles. The lowest BCUT2D eigenvalue weighted by molar-refractivity contribution is 0.670. The largest absolute Gasteiger partial charge is 0.455 e. The molecule has 0 saturated heterocycles. The monoisotopic (exact) mass is 692 g/mol. The quantitative estimate of drug-likeness (QED) is 0.129. The highest BCUT2D eigenvalue weighted by atomic mass is 28.3. The van der Waals surface area contributed by atoms with Crippen LogP contribution < -0.4 is 20.7 Å². The molecule has 8 aromatic carbocycles. The van der Waals surface area contributed by atoms with Crippen molar-refractivity contribution in [2.75, 3.05) is 0 Å². The zero-order valence-corrected chi connectivity index (χ0v) is 29.8. The van der Waals surface area contributed by atoms with E-state index < -0.39 is 8.07 Å². The molecule has 0 N–H and O–H groups in total. The van der Waals surface area contributed by atoms with Gasteiger partial charge >= 0.3 is 0 Å². The van der Waals surface area contributed by atoms with Gasteiger partial charge in [-0.25, -0.2) is 0 Å². The molecular formula is C49H32N2OSi. The summed E-state index contributed by atoms with van der Waals surface area (Å²) in [7, 11) is -2.94. The molecule has 0 atom stereocenters. The smallest absolute Gasteiger partial charge is 0.179 e. The Kier molecular flexibility index (Phi) is 7.21. The van der Waals surface area contributed by atoms with Gasteiger partial charge in [0.2, 0.25) is 0 Å². The number of aromatic nitrogens is 1. The number of fused-ring (bicyclic) bond motifs is 6. The summed E-state index contributed by atoms with van der Waals surface area (Å²) in [6, 6.07) is 71.6. The van der Waals surface area contributed by atoms with E-state index in [4.69, 9.17) is 4.42 Å². The molecule has 0 fully saturated rings. The minimum absolute atomic E-state index is 0.658. The lowest BCUT2D eigenvalue weighted by atomic mass is 10.0. The highest BCUT2D eigenvalue weighted by molar-refractivity contribution is 7.20. The topological polar surface area (TPSA) is 41.9 Å². The lowest BCUT2D eigenvalue weighted by Gasteiger charge is -2.34. The van der Waals surface area contributed by atoms with Crippen LogP contribution >= 0.6 is 0 Å². The molecule has 3 nitrogen and oxygen atoms in total. The van der Waals surface area contributed by atoms with Gasteiger partial charge in [0.05, 0.1) is 22.7 Å². The number of hydrogen-bond acceptors (Lipinski definition) is 2. The number of nitriles is 1. The number of nitrogens with zero attached hydrogens (tertiary/aromatic N) is 2. The summed E-state index contributed by atoms with van der Waals surface area (Å²) >= 11 is 0. The van der Waals surface area contributed by atoms with Crippen molar-refractivity contribution in [3.8, 4) is 22.9 Å². The fourth-order valence-corrected chi connectivity index (χ4v) is 13.3. The predicted molar refractivity (Wildman–Crippen MR) is 222 cm³/mol. The van der Waals surface area contributed by atoms with E-state index in [0.717, 1.165) is 49.8 Å². The second-order valence-electron chi connectivity index (χ2n) is 13.6. The fraction of sp³-hybridized carbons (Fsp3) is 0. The Morgan fingerprint density at radius 2 is 1.00 bits per heavy atom. The molecular weight excluding hydrogens is 661 g/mol. The summed E-state index contributed by atoms with van der Waals surface area (Å²) in [5, 5.41) is 19.6. The number of benzene rings is 8. The van der Waals surface area contributed by atoms with Crippen LogP contribution in [-0.4, -0.2) is 12.6 Å². The maximum atomic E-state index is 10.1. The zero-order valence-electron chi connectivity index (χ0n) is 28.8. The van der Waals surface area contributed by atoms with Gasteiger partial charge in [0.25, 0.3) is 0 Å². The number of furan rings is 1. The van der Waals surface area contributed by atoms with Gasteiger partial charge in [-0.3, -0.25) is 0 Å². The zero-order chi connectivity index (χ0) is 35.4. The van der Waals surface area contributed by atoms with Crippen LogP contribution in [0.1, 0.15) is 5.56 Å². The van der Waals surface area contributed by atoms with Crippen molar-refractivity contribution in [1.29, 1.82) is 5.26 Å². The minimum atomic E-state index is -2.94. The van der Waals surface area contributed by atoms with E-state index in [0.29, 0.717) is 5.56 Å². The number of para-hydroxylation sites is 3. The normalized spacial score (nSPS) is 11.8. The van der Waals surface area contributed by atoms with E-state index in [1.165, 1.54) is 31.5 Å². The fourth-order valence-electron chi connectivity index (χ4n) is 8.47. The maximum absolute atomic E-state index is 10.1. The van der Waals surface area contributed by atoms with Crippen molar-refractivity contribution < 1.29 is 4.42 Å². The molecule has 0 radical (unpaired) electrons. The Balaban J connectivity index is 1.30. The van der Waals surface area contributed by atoms with Crippen LogP contribution in [0.25, 0.3) is 60.6 Å². The Hall–Kier alpha value is -6.93.